The molecule has 1 amide bonds. The number of hydrogen-bond acceptors (Lipinski definition) is 5. The van der Waals surface area contributed by atoms with Gasteiger partial charge in [0, 0.05) is 37.4 Å². The predicted octanol–water partition coefficient (Wildman–Crippen LogP) is 2.40. The van der Waals surface area contributed by atoms with Gasteiger partial charge in [-0.25, -0.2) is 4.98 Å². The lowest BCUT2D eigenvalue weighted by Gasteiger charge is -2.37. The second-order valence-corrected chi connectivity index (χ2v) is 7.22. The number of likely N-dealkylation sites (N-methyl/N-ethyl adjacent to an activating group) is 1. The molecule has 1 aromatic carbocycles. The molecule has 4 rings (SSSR count). The number of amides is 1. The Bertz CT molecular complexity index is 912. The molecule has 0 N–H and O–H groups in total. The maximum absolute atomic E-state index is 13.1. The maximum Gasteiger partial charge on any atom is 0.254 e. The van der Waals surface area contributed by atoms with E-state index in [1.165, 1.54) is 5.56 Å². The quantitative estimate of drug-likeness (QED) is 0.684. The van der Waals surface area contributed by atoms with E-state index in [9.17, 15) is 4.79 Å². The number of carbonyl (C=O) groups is 1. The molecule has 2 aromatic heterocycles. The Morgan fingerprint density at radius 3 is 2.75 bits per heavy atom. The minimum atomic E-state index is 0.0505. The van der Waals surface area contributed by atoms with Crippen LogP contribution in [0.25, 0.3) is 5.82 Å². The summed E-state index contributed by atoms with van der Waals surface area (Å²) in [4.78, 5) is 21.7. The molecule has 3 aromatic rings. The zero-order chi connectivity index (χ0) is 19.3. The molecule has 0 saturated carbocycles. The first-order valence-corrected chi connectivity index (χ1v) is 9.55. The van der Waals surface area contributed by atoms with E-state index in [-0.39, 0.29) is 5.91 Å². The van der Waals surface area contributed by atoms with Crippen LogP contribution in [0.15, 0.2) is 61.3 Å². The molecule has 144 valence electrons. The number of benzene rings is 1. The van der Waals surface area contributed by atoms with Gasteiger partial charge in [0.1, 0.15) is 18.5 Å². The highest BCUT2D eigenvalue weighted by atomic mass is 16.2. The van der Waals surface area contributed by atoms with Crippen LogP contribution in [0.5, 0.6) is 0 Å². The van der Waals surface area contributed by atoms with Gasteiger partial charge in [0.25, 0.3) is 5.91 Å². The van der Waals surface area contributed by atoms with Gasteiger partial charge in [-0.2, -0.15) is 0 Å². The molecule has 1 saturated heterocycles. The third kappa shape index (κ3) is 4.09. The Labute approximate surface area is 164 Å². The van der Waals surface area contributed by atoms with E-state index in [0.717, 1.165) is 32.5 Å². The summed E-state index contributed by atoms with van der Waals surface area (Å²) in [6, 6.07) is 14.4. The number of aromatic nitrogens is 4. The van der Waals surface area contributed by atoms with Crippen LogP contribution < -0.4 is 0 Å². The second-order valence-electron chi connectivity index (χ2n) is 7.22. The lowest BCUT2D eigenvalue weighted by Crippen LogP contribution is -2.48. The van der Waals surface area contributed by atoms with E-state index in [2.05, 4.69) is 51.4 Å². The minimum Gasteiger partial charge on any atom is -0.337 e. The van der Waals surface area contributed by atoms with Gasteiger partial charge < -0.3 is 4.90 Å². The maximum atomic E-state index is 13.1. The third-order valence-corrected chi connectivity index (χ3v) is 5.26. The molecule has 0 radical (unpaired) electrons. The summed E-state index contributed by atoms with van der Waals surface area (Å²) in [7, 11) is 2.14. The molecule has 7 heteroatoms. The van der Waals surface area contributed by atoms with Gasteiger partial charge in [-0.3, -0.25) is 14.3 Å². The van der Waals surface area contributed by atoms with Gasteiger partial charge in [-0.15, -0.1) is 10.2 Å². The summed E-state index contributed by atoms with van der Waals surface area (Å²) in [5, 5.41) is 7.60. The molecule has 7 nitrogen and oxygen atoms in total. The van der Waals surface area contributed by atoms with E-state index < -0.39 is 0 Å². The van der Waals surface area contributed by atoms with Crippen LogP contribution >= 0.6 is 0 Å². The van der Waals surface area contributed by atoms with Crippen molar-refractivity contribution in [2.24, 2.45) is 0 Å². The third-order valence-electron chi connectivity index (χ3n) is 5.26. The zero-order valence-electron chi connectivity index (χ0n) is 16.0. The lowest BCUT2D eigenvalue weighted by atomic mass is 10.0. The van der Waals surface area contributed by atoms with Crippen molar-refractivity contribution in [3.05, 3.63) is 72.4 Å². The van der Waals surface area contributed by atoms with E-state index in [1.807, 2.05) is 11.0 Å². The number of nitrogens with zero attached hydrogens (tertiary/aromatic N) is 6. The normalized spacial score (nSPS) is 17.1. The van der Waals surface area contributed by atoms with Crippen LogP contribution in [0.2, 0.25) is 0 Å². The summed E-state index contributed by atoms with van der Waals surface area (Å²) in [6.07, 6.45) is 6.93. The van der Waals surface area contributed by atoms with Gasteiger partial charge in [0.2, 0.25) is 0 Å². The van der Waals surface area contributed by atoms with Crippen molar-refractivity contribution in [3.8, 4) is 5.82 Å². The van der Waals surface area contributed by atoms with Crippen molar-refractivity contribution >= 4 is 5.91 Å². The average Bonchev–Trinajstić information content (AvgIpc) is 3.29. The fourth-order valence-corrected chi connectivity index (χ4v) is 3.69. The molecule has 0 bridgehead atoms. The summed E-state index contributed by atoms with van der Waals surface area (Å²) < 4.78 is 1.70. The molecule has 1 aliphatic rings. The smallest absolute Gasteiger partial charge is 0.254 e. The van der Waals surface area contributed by atoms with Gasteiger partial charge in [0.15, 0.2) is 0 Å². The number of piperidine rings is 1. The Morgan fingerprint density at radius 2 is 1.96 bits per heavy atom. The van der Waals surface area contributed by atoms with Crippen LogP contribution in [-0.2, 0) is 6.54 Å². The minimum absolute atomic E-state index is 0.0505. The van der Waals surface area contributed by atoms with Crippen LogP contribution in [0.1, 0.15) is 28.8 Å². The Kier molecular flexibility index (Phi) is 5.43. The highest BCUT2D eigenvalue weighted by molar-refractivity contribution is 5.94. The Balaban J connectivity index is 1.44. The fraction of sp³-hybridized carbons (Fsp3) is 0.333. The van der Waals surface area contributed by atoms with E-state index >= 15 is 0 Å². The number of hydrogen-bond donors (Lipinski definition) is 0. The highest BCUT2D eigenvalue weighted by Crippen LogP contribution is 2.19. The molecular formula is C21H24N6O. The summed E-state index contributed by atoms with van der Waals surface area (Å²) in [5.74, 6) is 0.695. The van der Waals surface area contributed by atoms with Crippen molar-refractivity contribution < 1.29 is 4.79 Å². The fourth-order valence-electron chi connectivity index (χ4n) is 3.69. The van der Waals surface area contributed by atoms with Crippen LogP contribution in [0.3, 0.4) is 0 Å². The Hall–Kier alpha value is -3.06. The topological polar surface area (TPSA) is 67.2 Å². The van der Waals surface area contributed by atoms with Crippen molar-refractivity contribution in [2.75, 3.05) is 20.1 Å². The molecule has 0 aliphatic carbocycles. The van der Waals surface area contributed by atoms with Gasteiger partial charge in [0.05, 0.1) is 0 Å². The first-order chi connectivity index (χ1) is 13.7. The van der Waals surface area contributed by atoms with E-state index in [4.69, 9.17) is 0 Å². The molecule has 1 unspecified atom stereocenters. The Morgan fingerprint density at radius 1 is 1.18 bits per heavy atom. The molecule has 1 atom stereocenters. The van der Waals surface area contributed by atoms with E-state index in [1.54, 1.807) is 35.6 Å². The monoisotopic (exact) mass is 376 g/mol. The van der Waals surface area contributed by atoms with Gasteiger partial charge in [-0.05, 0) is 37.6 Å². The number of likely N-dealkylation sites (tertiary alicyclic amines) is 1. The van der Waals surface area contributed by atoms with Crippen molar-refractivity contribution in [1.29, 1.82) is 0 Å². The molecule has 3 heterocycles. The highest BCUT2D eigenvalue weighted by Gasteiger charge is 2.27. The van der Waals surface area contributed by atoms with Crippen LogP contribution in [0, 0.1) is 0 Å². The second kappa shape index (κ2) is 8.31. The largest absolute Gasteiger partial charge is 0.337 e. The van der Waals surface area contributed by atoms with Crippen molar-refractivity contribution in [2.45, 2.75) is 25.4 Å². The van der Waals surface area contributed by atoms with E-state index in [0.29, 0.717) is 17.4 Å². The summed E-state index contributed by atoms with van der Waals surface area (Å²) in [5.41, 5.74) is 1.94. The van der Waals surface area contributed by atoms with Gasteiger partial charge in [-0.1, -0.05) is 30.3 Å². The number of pyridine rings is 1. The predicted molar refractivity (Wildman–Crippen MR) is 106 cm³/mol. The molecule has 1 fully saturated rings. The molecule has 0 spiro atoms. The first kappa shape index (κ1) is 18.3. The number of rotatable bonds is 5. The van der Waals surface area contributed by atoms with Crippen LogP contribution in [0.4, 0.5) is 0 Å². The number of carbonyl (C=O) groups excluding carboxylic acids is 1. The zero-order valence-corrected chi connectivity index (χ0v) is 16.0. The summed E-state index contributed by atoms with van der Waals surface area (Å²) >= 11 is 0. The van der Waals surface area contributed by atoms with Crippen molar-refractivity contribution in [1.82, 2.24) is 29.5 Å². The lowest BCUT2D eigenvalue weighted by molar-refractivity contribution is 0.0602. The summed E-state index contributed by atoms with van der Waals surface area (Å²) in [6.45, 7) is 2.42. The van der Waals surface area contributed by atoms with Crippen molar-refractivity contribution in [3.63, 3.8) is 0 Å². The molecule has 28 heavy (non-hydrogen) atoms. The molecular weight excluding hydrogens is 352 g/mol. The van der Waals surface area contributed by atoms with Crippen LogP contribution in [-0.4, -0.2) is 61.6 Å². The molecule has 1 aliphatic heterocycles. The first-order valence-electron chi connectivity index (χ1n) is 9.55. The van der Waals surface area contributed by atoms with Gasteiger partial charge >= 0.3 is 0 Å². The standard InChI is InChI=1S/C21H24N6O/c1-25(13-17-6-3-2-4-7-17)19-8-5-11-26(14-19)21(28)18-9-10-22-20(12-18)27-15-23-24-16-27/h2-4,6-7,9-10,12,15-16,19H,5,8,11,13-14H2,1H3. The average molecular weight is 376 g/mol. The SMILES string of the molecule is CN(Cc1ccccc1)C1CCCN(C(=O)c2ccnc(-n3cnnc3)c2)C1.